The topological polar surface area (TPSA) is 66.5 Å². The van der Waals surface area contributed by atoms with Crippen LogP contribution in [-0.2, 0) is 14.6 Å². The summed E-state index contributed by atoms with van der Waals surface area (Å²) in [6, 6.07) is 4.18. The van der Waals surface area contributed by atoms with E-state index < -0.39 is 15.7 Å². The predicted molar refractivity (Wildman–Crippen MR) is 92.3 cm³/mol. The van der Waals surface area contributed by atoms with E-state index >= 15 is 0 Å². The van der Waals surface area contributed by atoms with Gasteiger partial charge in [-0.05, 0) is 38.1 Å². The minimum Gasteiger partial charge on any atom is -0.354 e. The molecule has 1 N–H and O–H groups in total. The summed E-state index contributed by atoms with van der Waals surface area (Å²) in [5.41, 5.74) is 0.379. The van der Waals surface area contributed by atoms with E-state index in [2.05, 4.69) is 10.2 Å². The first-order valence-corrected chi connectivity index (χ1v) is 10.3. The van der Waals surface area contributed by atoms with E-state index in [9.17, 15) is 17.6 Å². The smallest absolute Gasteiger partial charge is 0.221 e. The molecular weight excluding hydrogens is 355 g/mol. The Morgan fingerprint density at radius 2 is 2.04 bits per heavy atom. The second-order valence-electron chi connectivity index (χ2n) is 6.08. The van der Waals surface area contributed by atoms with Crippen LogP contribution in [0.4, 0.5) is 4.39 Å². The van der Waals surface area contributed by atoms with Gasteiger partial charge in [0.15, 0.2) is 0 Å². The van der Waals surface area contributed by atoms with Gasteiger partial charge in [-0.2, -0.15) is 0 Å². The molecule has 8 heteroatoms. The fraction of sp³-hybridized carbons (Fsp3) is 0.562. The van der Waals surface area contributed by atoms with Crippen molar-refractivity contribution in [1.29, 1.82) is 0 Å². The minimum atomic E-state index is -3.19. The summed E-state index contributed by atoms with van der Waals surface area (Å²) in [6.45, 7) is 1.83. The van der Waals surface area contributed by atoms with E-state index in [1.165, 1.54) is 6.07 Å². The first-order chi connectivity index (χ1) is 11.3. The molecule has 1 fully saturated rings. The quantitative estimate of drug-likeness (QED) is 0.792. The Hall–Kier alpha value is -1.18. The maximum absolute atomic E-state index is 14.3. The van der Waals surface area contributed by atoms with Crippen LogP contribution in [0.25, 0.3) is 0 Å². The van der Waals surface area contributed by atoms with Gasteiger partial charge in [-0.25, -0.2) is 12.8 Å². The molecule has 0 aromatic heterocycles. The number of sulfone groups is 1. The average Bonchev–Trinajstić information content (AvgIpc) is 3.01. The number of nitrogens with one attached hydrogen (secondary N) is 1. The number of rotatable bonds is 7. The highest BCUT2D eigenvalue weighted by atomic mass is 35.5. The van der Waals surface area contributed by atoms with Crippen LogP contribution < -0.4 is 5.32 Å². The molecule has 1 amide bonds. The Morgan fingerprint density at radius 1 is 1.38 bits per heavy atom. The molecule has 0 aliphatic carbocycles. The molecule has 1 unspecified atom stereocenters. The second-order valence-corrected chi connectivity index (χ2v) is 8.75. The summed E-state index contributed by atoms with van der Waals surface area (Å²) >= 11 is 6.18. The average molecular weight is 377 g/mol. The third kappa shape index (κ3) is 5.43. The van der Waals surface area contributed by atoms with Gasteiger partial charge in [-0.1, -0.05) is 17.7 Å². The lowest BCUT2D eigenvalue weighted by atomic mass is 10.0. The van der Waals surface area contributed by atoms with Gasteiger partial charge in [0.25, 0.3) is 0 Å². The van der Waals surface area contributed by atoms with Crippen LogP contribution in [0.5, 0.6) is 0 Å². The molecule has 0 spiro atoms. The Morgan fingerprint density at radius 3 is 2.62 bits per heavy atom. The lowest BCUT2D eigenvalue weighted by molar-refractivity contribution is -0.120. The van der Waals surface area contributed by atoms with Gasteiger partial charge in [0.2, 0.25) is 5.91 Å². The molecule has 1 aliphatic rings. The highest BCUT2D eigenvalue weighted by Crippen LogP contribution is 2.31. The van der Waals surface area contributed by atoms with Crippen molar-refractivity contribution in [2.75, 3.05) is 31.6 Å². The van der Waals surface area contributed by atoms with Crippen LogP contribution in [0.15, 0.2) is 18.2 Å². The summed E-state index contributed by atoms with van der Waals surface area (Å²) in [6.07, 6.45) is 3.03. The number of likely N-dealkylation sites (tertiary alicyclic amines) is 1. The van der Waals surface area contributed by atoms with Crippen molar-refractivity contribution < 1.29 is 17.6 Å². The van der Waals surface area contributed by atoms with Crippen molar-refractivity contribution >= 4 is 27.3 Å². The lowest BCUT2D eigenvalue weighted by Gasteiger charge is -2.29. The van der Waals surface area contributed by atoms with Crippen molar-refractivity contribution in [3.63, 3.8) is 0 Å². The van der Waals surface area contributed by atoms with Crippen molar-refractivity contribution in [2.24, 2.45) is 0 Å². The molecule has 0 saturated carbocycles. The van der Waals surface area contributed by atoms with Gasteiger partial charge in [0, 0.05) is 29.8 Å². The zero-order valence-corrected chi connectivity index (χ0v) is 15.2. The minimum absolute atomic E-state index is 0.101. The predicted octanol–water partition coefficient (Wildman–Crippen LogP) is 2.17. The van der Waals surface area contributed by atoms with Crippen LogP contribution in [0.1, 0.15) is 30.9 Å². The molecule has 5 nitrogen and oxygen atoms in total. The molecule has 1 atom stereocenters. The third-order valence-electron chi connectivity index (χ3n) is 4.11. The molecule has 1 aromatic rings. The van der Waals surface area contributed by atoms with Gasteiger partial charge in [-0.3, -0.25) is 9.69 Å². The van der Waals surface area contributed by atoms with Gasteiger partial charge < -0.3 is 5.32 Å². The largest absolute Gasteiger partial charge is 0.354 e. The lowest BCUT2D eigenvalue weighted by Crippen LogP contribution is -2.37. The molecular formula is C16H22ClFN2O3S. The second kappa shape index (κ2) is 8.27. The zero-order valence-electron chi connectivity index (χ0n) is 13.6. The Balaban J connectivity index is 2.09. The molecule has 1 aliphatic heterocycles. The van der Waals surface area contributed by atoms with E-state index in [0.717, 1.165) is 32.2 Å². The van der Waals surface area contributed by atoms with Crippen molar-refractivity contribution in [1.82, 2.24) is 10.2 Å². The van der Waals surface area contributed by atoms with E-state index in [1.54, 1.807) is 12.1 Å². The first-order valence-electron chi connectivity index (χ1n) is 7.90. The van der Waals surface area contributed by atoms with Gasteiger partial charge >= 0.3 is 0 Å². The number of amides is 1. The van der Waals surface area contributed by atoms with Crippen LogP contribution >= 0.6 is 11.6 Å². The van der Waals surface area contributed by atoms with E-state index in [4.69, 9.17) is 11.6 Å². The SMILES string of the molecule is CS(=O)(=O)CCC(=O)NCC(c1c(F)cccc1Cl)N1CCCC1. The fourth-order valence-electron chi connectivity index (χ4n) is 2.87. The number of nitrogens with zero attached hydrogens (tertiary/aromatic N) is 1. The maximum Gasteiger partial charge on any atom is 0.221 e. The maximum atomic E-state index is 14.3. The molecule has 1 aromatic carbocycles. The molecule has 2 rings (SSSR count). The Labute approximate surface area is 147 Å². The van der Waals surface area contributed by atoms with Gasteiger partial charge in [-0.15, -0.1) is 0 Å². The summed E-state index contributed by atoms with van der Waals surface area (Å²) in [4.78, 5) is 14.0. The van der Waals surface area contributed by atoms with Crippen LogP contribution in [0.2, 0.25) is 5.02 Å². The number of benzene rings is 1. The van der Waals surface area contributed by atoms with Gasteiger partial charge in [0.1, 0.15) is 15.7 Å². The normalized spacial score (nSPS) is 17.0. The Bertz CT molecular complexity index is 670. The summed E-state index contributed by atoms with van der Waals surface area (Å²) < 4.78 is 36.6. The van der Waals surface area contributed by atoms with Crippen molar-refractivity contribution in [3.8, 4) is 0 Å². The van der Waals surface area contributed by atoms with Crippen molar-refractivity contribution in [2.45, 2.75) is 25.3 Å². The van der Waals surface area contributed by atoms with Gasteiger partial charge in [0.05, 0.1) is 11.8 Å². The number of hydrogen-bond acceptors (Lipinski definition) is 4. The summed E-state index contributed by atoms with van der Waals surface area (Å²) in [5.74, 6) is -0.963. The number of hydrogen-bond donors (Lipinski definition) is 1. The molecule has 1 heterocycles. The molecule has 134 valence electrons. The van der Waals surface area contributed by atoms with Crippen molar-refractivity contribution in [3.05, 3.63) is 34.6 Å². The van der Waals surface area contributed by atoms with Crippen LogP contribution in [0, 0.1) is 5.82 Å². The zero-order chi connectivity index (χ0) is 17.7. The molecule has 0 radical (unpaired) electrons. The standard InChI is InChI=1S/C16H22ClFN2O3S/c1-24(22,23)10-7-15(21)19-11-14(20-8-2-3-9-20)16-12(17)5-4-6-13(16)18/h4-6,14H,2-3,7-11H2,1H3,(H,19,21). The third-order valence-corrected chi connectivity index (χ3v) is 5.38. The summed E-state index contributed by atoms with van der Waals surface area (Å²) in [5, 5.41) is 3.05. The molecule has 1 saturated heterocycles. The first kappa shape index (κ1) is 19.1. The van der Waals surface area contributed by atoms with Crippen LogP contribution in [0.3, 0.4) is 0 Å². The highest BCUT2D eigenvalue weighted by Gasteiger charge is 2.28. The van der Waals surface area contributed by atoms with E-state index in [1.807, 2.05) is 0 Å². The van der Waals surface area contributed by atoms with Crippen LogP contribution in [-0.4, -0.2) is 50.9 Å². The summed E-state index contributed by atoms with van der Waals surface area (Å²) in [7, 11) is -3.19. The number of halogens is 2. The van der Waals surface area contributed by atoms with E-state index in [-0.39, 0.29) is 30.7 Å². The monoisotopic (exact) mass is 376 g/mol. The number of carbonyl (C=O) groups is 1. The highest BCUT2D eigenvalue weighted by molar-refractivity contribution is 7.90. The molecule has 24 heavy (non-hydrogen) atoms. The fourth-order valence-corrected chi connectivity index (χ4v) is 3.72. The number of carbonyl (C=O) groups excluding carboxylic acids is 1. The van der Waals surface area contributed by atoms with E-state index in [0.29, 0.717) is 10.6 Å². The Kier molecular flexibility index (Phi) is 6.60. The molecule has 0 bridgehead atoms.